The third kappa shape index (κ3) is 6.43. The van der Waals surface area contributed by atoms with E-state index in [1.807, 2.05) is 30.3 Å². The molecule has 2 aromatic rings. The lowest BCUT2D eigenvalue weighted by Crippen LogP contribution is -2.41. The quantitative estimate of drug-likeness (QED) is 0.434. The van der Waals surface area contributed by atoms with Crippen LogP contribution in [0.25, 0.3) is 0 Å². The topological polar surface area (TPSA) is 102 Å². The molecule has 0 radical (unpaired) electrons. The molecule has 0 saturated heterocycles. The number of ether oxygens (including phenoxy) is 1. The molecule has 6 nitrogen and oxygen atoms in total. The second kappa shape index (κ2) is 9.21. The van der Waals surface area contributed by atoms with Gasteiger partial charge in [-0.1, -0.05) is 42.5 Å². The number of aryl methyl sites for hydroxylation is 1. The molecule has 0 unspecified atom stereocenters. The van der Waals surface area contributed by atoms with E-state index in [1.54, 1.807) is 0 Å². The Morgan fingerprint density at radius 2 is 1.82 bits per heavy atom. The van der Waals surface area contributed by atoms with E-state index in [1.165, 1.54) is 11.1 Å². The molecule has 0 bridgehead atoms. The fourth-order valence-corrected chi connectivity index (χ4v) is 4.15. The van der Waals surface area contributed by atoms with Gasteiger partial charge in [0.25, 0.3) is 0 Å². The van der Waals surface area contributed by atoms with Crippen LogP contribution in [0.15, 0.2) is 54.6 Å². The van der Waals surface area contributed by atoms with Gasteiger partial charge in [-0.3, -0.25) is 4.52 Å². The predicted octanol–water partition coefficient (Wildman–Crippen LogP) is 3.77. The molecule has 2 aromatic carbocycles. The fourth-order valence-electron chi connectivity index (χ4n) is 3.72. The summed E-state index contributed by atoms with van der Waals surface area (Å²) in [6.45, 7) is 0.566. The molecule has 1 aliphatic rings. The van der Waals surface area contributed by atoms with Gasteiger partial charge in [0.1, 0.15) is 5.75 Å². The van der Waals surface area contributed by atoms with Gasteiger partial charge in [-0.15, -0.1) is 0 Å². The van der Waals surface area contributed by atoms with Crippen molar-refractivity contribution in [1.82, 2.24) is 0 Å². The highest BCUT2D eigenvalue weighted by molar-refractivity contribution is 7.46. The molecule has 152 valence electrons. The standard InChI is InChI=1S/C21H28NO5P/c22-21(16-27-28(23,24)25)13-12-19(15-21)18-10-8-17(9-11-18)5-4-14-26-20-6-2-1-3-7-20/h1-3,6-11,19H,4-5,12-16,22H2,(H2,23,24,25)/t19-,21-/m1/s1. The van der Waals surface area contributed by atoms with Crippen molar-refractivity contribution in [2.45, 2.75) is 43.6 Å². The number of phosphoric acid groups is 1. The number of benzene rings is 2. The number of hydrogen-bond donors (Lipinski definition) is 3. The molecule has 4 N–H and O–H groups in total. The molecule has 0 spiro atoms. The highest BCUT2D eigenvalue weighted by Gasteiger charge is 2.38. The Kier molecular flexibility index (Phi) is 6.91. The number of hydrogen-bond acceptors (Lipinski definition) is 4. The van der Waals surface area contributed by atoms with Crippen LogP contribution < -0.4 is 10.5 Å². The van der Waals surface area contributed by atoms with Gasteiger partial charge in [0, 0.05) is 5.54 Å². The van der Waals surface area contributed by atoms with Crippen LogP contribution in [0.5, 0.6) is 5.75 Å². The maximum absolute atomic E-state index is 10.9. The smallest absolute Gasteiger partial charge is 0.469 e. The van der Waals surface area contributed by atoms with Crippen molar-refractivity contribution in [3.8, 4) is 5.75 Å². The van der Waals surface area contributed by atoms with Crippen LogP contribution in [0, 0.1) is 0 Å². The Balaban J connectivity index is 1.44. The SMILES string of the molecule is N[C@]1(COP(=O)(O)O)CC[C@@H](c2ccc(CCCOc3ccccc3)cc2)C1. The number of rotatable bonds is 9. The monoisotopic (exact) mass is 405 g/mol. The average molecular weight is 405 g/mol. The van der Waals surface area contributed by atoms with Crippen LogP contribution in [-0.2, 0) is 15.5 Å². The van der Waals surface area contributed by atoms with Gasteiger partial charge in [0.15, 0.2) is 0 Å². The van der Waals surface area contributed by atoms with Crippen molar-refractivity contribution < 1.29 is 23.6 Å². The first kappa shape index (κ1) is 21.0. The first-order valence-corrected chi connectivity index (χ1v) is 11.1. The maximum Gasteiger partial charge on any atom is 0.469 e. The van der Waals surface area contributed by atoms with Gasteiger partial charge in [0.2, 0.25) is 0 Å². The first-order chi connectivity index (χ1) is 13.3. The van der Waals surface area contributed by atoms with Crippen LogP contribution in [-0.4, -0.2) is 28.5 Å². The molecule has 1 fully saturated rings. The Morgan fingerprint density at radius 1 is 1.11 bits per heavy atom. The molecule has 0 aliphatic heterocycles. The molecule has 0 heterocycles. The Bertz CT molecular complexity index is 792. The molecule has 3 rings (SSSR count). The summed E-state index contributed by atoms with van der Waals surface area (Å²) >= 11 is 0. The lowest BCUT2D eigenvalue weighted by atomic mass is 9.93. The summed E-state index contributed by atoms with van der Waals surface area (Å²) in [6.07, 6.45) is 4.15. The van der Waals surface area contributed by atoms with E-state index >= 15 is 0 Å². The minimum absolute atomic E-state index is 0.118. The van der Waals surface area contributed by atoms with Gasteiger partial charge < -0.3 is 20.3 Å². The normalized spacial score (nSPS) is 22.3. The van der Waals surface area contributed by atoms with Crippen molar-refractivity contribution >= 4 is 7.82 Å². The summed E-state index contributed by atoms with van der Waals surface area (Å²) < 4.78 is 21.3. The van der Waals surface area contributed by atoms with Gasteiger partial charge in [-0.2, -0.15) is 0 Å². The predicted molar refractivity (Wildman–Crippen MR) is 108 cm³/mol. The summed E-state index contributed by atoms with van der Waals surface area (Å²) in [5, 5.41) is 0. The van der Waals surface area contributed by atoms with Gasteiger partial charge in [0.05, 0.1) is 13.2 Å². The van der Waals surface area contributed by atoms with E-state index in [0.29, 0.717) is 25.4 Å². The number of nitrogens with two attached hydrogens (primary N) is 1. The van der Waals surface area contributed by atoms with Gasteiger partial charge in [-0.05, 0) is 61.3 Å². The molecule has 0 amide bonds. The van der Waals surface area contributed by atoms with E-state index in [2.05, 4.69) is 28.8 Å². The second-order valence-corrected chi connectivity index (χ2v) is 8.81. The molecule has 0 aromatic heterocycles. The molecule has 1 saturated carbocycles. The van der Waals surface area contributed by atoms with Crippen LogP contribution >= 0.6 is 7.82 Å². The average Bonchev–Trinajstić information content (AvgIpc) is 3.07. The third-order valence-corrected chi connectivity index (χ3v) is 5.70. The van der Waals surface area contributed by atoms with E-state index in [9.17, 15) is 4.57 Å². The molecule has 1 aliphatic carbocycles. The summed E-state index contributed by atoms with van der Waals surface area (Å²) in [5.74, 6) is 1.19. The lowest BCUT2D eigenvalue weighted by molar-refractivity contribution is 0.153. The van der Waals surface area contributed by atoms with Crippen molar-refractivity contribution in [2.24, 2.45) is 5.73 Å². The zero-order chi connectivity index (χ0) is 20.0. The van der Waals surface area contributed by atoms with Crippen LogP contribution in [0.4, 0.5) is 0 Å². The highest BCUT2D eigenvalue weighted by atomic mass is 31.2. The minimum atomic E-state index is -4.48. The maximum atomic E-state index is 10.9. The lowest BCUT2D eigenvalue weighted by Gasteiger charge is -2.24. The molecule has 7 heteroatoms. The molecule has 2 atom stereocenters. The van der Waals surface area contributed by atoms with Gasteiger partial charge >= 0.3 is 7.82 Å². The Hall–Kier alpha value is -1.69. The first-order valence-electron chi connectivity index (χ1n) is 9.59. The minimum Gasteiger partial charge on any atom is -0.494 e. The summed E-state index contributed by atoms with van der Waals surface area (Å²) in [6, 6.07) is 18.4. The van der Waals surface area contributed by atoms with Crippen molar-refractivity contribution in [3.05, 3.63) is 65.7 Å². The largest absolute Gasteiger partial charge is 0.494 e. The number of para-hydroxylation sites is 1. The van der Waals surface area contributed by atoms with E-state index in [4.69, 9.17) is 20.3 Å². The second-order valence-electron chi connectivity index (χ2n) is 7.57. The van der Waals surface area contributed by atoms with Crippen LogP contribution in [0.1, 0.15) is 42.7 Å². The molecular formula is C21H28NO5P. The van der Waals surface area contributed by atoms with E-state index < -0.39 is 13.4 Å². The zero-order valence-corrected chi connectivity index (χ0v) is 16.8. The van der Waals surface area contributed by atoms with Crippen molar-refractivity contribution in [2.75, 3.05) is 13.2 Å². The van der Waals surface area contributed by atoms with E-state index in [0.717, 1.165) is 25.0 Å². The van der Waals surface area contributed by atoms with Crippen molar-refractivity contribution in [3.63, 3.8) is 0 Å². The van der Waals surface area contributed by atoms with Crippen molar-refractivity contribution in [1.29, 1.82) is 0 Å². The summed E-state index contributed by atoms with van der Waals surface area (Å²) in [7, 11) is -4.48. The van der Waals surface area contributed by atoms with E-state index in [-0.39, 0.29) is 6.61 Å². The fraction of sp³-hybridized carbons (Fsp3) is 0.429. The van der Waals surface area contributed by atoms with Crippen LogP contribution in [0.2, 0.25) is 0 Å². The highest BCUT2D eigenvalue weighted by Crippen LogP contribution is 2.43. The molecular weight excluding hydrogens is 377 g/mol. The summed E-state index contributed by atoms with van der Waals surface area (Å²) in [5.41, 5.74) is 8.07. The van der Waals surface area contributed by atoms with Gasteiger partial charge in [-0.25, -0.2) is 4.57 Å². The van der Waals surface area contributed by atoms with Crippen LogP contribution in [0.3, 0.4) is 0 Å². The number of phosphoric ester groups is 1. The Labute approximate surface area is 165 Å². The molecule has 28 heavy (non-hydrogen) atoms. The Morgan fingerprint density at radius 3 is 2.50 bits per heavy atom. The summed E-state index contributed by atoms with van der Waals surface area (Å²) in [4.78, 5) is 17.8. The zero-order valence-electron chi connectivity index (χ0n) is 15.9. The third-order valence-electron chi connectivity index (χ3n) is 5.24.